The van der Waals surface area contributed by atoms with Crippen molar-refractivity contribution >= 4 is 23.4 Å². The molecule has 1 amide bonds. The quantitative estimate of drug-likeness (QED) is 0.662. The van der Waals surface area contributed by atoms with Gasteiger partial charge in [-0.05, 0) is 24.3 Å². The largest absolute Gasteiger partial charge is 0.489 e. The van der Waals surface area contributed by atoms with E-state index in [4.69, 9.17) is 9.84 Å². The number of carbonyl (C=O) groups excluding carboxylic acids is 1. The molecular formula is C14H20N2O3S. The Morgan fingerprint density at radius 1 is 1.45 bits per heavy atom. The van der Waals surface area contributed by atoms with E-state index in [-0.39, 0.29) is 12.5 Å². The Morgan fingerprint density at radius 3 is 3.20 bits per heavy atom. The van der Waals surface area contributed by atoms with Gasteiger partial charge in [-0.15, -0.1) is 0 Å². The van der Waals surface area contributed by atoms with Crippen LogP contribution in [0.4, 0.5) is 5.69 Å². The molecule has 1 aliphatic heterocycles. The number of anilines is 1. The van der Waals surface area contributed by atoms with E-state index in [9.17, 15) is 4.79 Å². The molecule has 0 saturated heterocycles. The number of carbonyl (C=O) groups is 1. The van der Waals surface area contributed by atoms with E-state index >= 15 is 0 Å². The lowest BCUT2D eigenvalue weighted by Crippen LogP contribution is -2.28. The molecule has 0 spiro atoms. The number of thioether (sulfide) groups is 1. The summed E-state index contributed by atoms with van der Waals surface area (Å²) in [5.74, 6) is 2.30. The fraction of sp³-hybridized carbons (Fsp3) is 0.500. The average molecular weight is 296 g/mol. The molecule has 1 heterocycles. The van der Waals surface area contributed by atoms with Gasteiger partial charge in [0.15, 0.2) is 5.75 Å². The van der Waals surface area contributed by atoms with Gasteiger partial charge in [0.2, 0.25) is 0 Å². The second-order valence-electron chi connectivity index (χ2n) is 4.40. The van der Waals surface area contributed by atoms with E-state index in [0.29, 0.717) is 24.5 Å². The van der Waals surface area contributed by atoms with Crippen LogP contribution in [-0.2, 0) is 0 Å². The van der Waals surface area contributed by atoms with E-state index in [1.165, 1.54) is 0 Å². The van der Waals surface area contributed by atoms with Crippen LogP contribution in [0.15, 0.2) is 18.2 Å². The van der Waals surface area contributed by atoms with Crippen molar-refractivity contribution < 1.29 is 14.6 Å². The SMILES string of the molecule is O=C(NCCSCCCO)c1cccc2c1OCCN2. The van der Waals surface area contributed by atoms with Gasteiger partial charge in [0.1, 0.15) is 6.61 Å². The molecule has 0 atom stereocenters. The number of aliphatic hydroxyl groups is 1. The molecule has 0 radical (unpaired) electrons. The molecule has 0 unspecified atom stereocenters. The number of para-hydroxylation sites is 1. The number of fused-ring (bicyclic) bond motifs is 1. The Hall–Kier alpha value is -1.40. The zero-order valence-corrected chi connectivity index (χ0v) is 12.2. The Kier molecular flexibility index (Phi) is 6.01. The van der Waals surface area contributed by atoms with Crippen LogP contribution in [0.2, 0.25) is 0 Å². The van der Waals surface area contributed by atoms with Crippen LogP contribution < -0.4 is 15.4 Å². The minimum absolute atomic E-state index is 0.103. The highest BCUT2D eigenvalue weighted by atomic mass is 32.2. The predicted molar refractivity (Wildman–Crippen MR) is 81.8 cm³/mol. The molecule has 0 aromatic heterocycles. The standard InChI is InChI=1S/C14H20N2O3S/c17-7-2-9-20-10-6-16-14(18)11-3-1-4-12-13(11)19-8-5-15-12/h1,3-4,15,17H,2,5-10H2,(H,16,18). The number of rotatable bonds is 7. The van der Waals surface area contributed by atoms with Gasteiger partial charge in [-0.3, -0.25) is 4.79 Å². The van der Waals surface area contributed by atoms with Gasteiger partial charge in [-0.25, -0.2) is 0 Å². The molecular weight excluding hydrogens is 276 g/mol. The van der Waals surface area contributed by atoms with Crippen molar-refractivity contribution in [2.75, 3.05) is 43.1 Å². The second kappa shape index (κ2) is 8.01. The smallest absolute Gasteiger partial charge is 0.255 e. The van der Waals surface area contributed by atoms with Gasteiger partial charge in [0.05, 0.1) is 11.3 Å². The maximum Gasteiger partial charge on any atom is 0.255 e. The first-order valence-corrected chi connectivity index (χ1v) is 7.95. The number of nitrogens with one attached hydrogen (secondary N) is 2. The molecule has 20 heavy (non-hydrogen) atoms. The minimum atomic E-state index is -0.103. The van der Waals surface area contributed by atoms with Gasteiger partial charge < -0.3 is 20.5 Å². The topological polar surface area (TPSA) is 70.6 Å². The highest BCUT2D eigenvalue weighted by Gasteiger charge is 2.18. The molecule has 1 aromatic rings. The molecule has 110 valence electrons. The number of hydrogen-bond acceptors (Lipinski definition) is 5. The van der Waals surface area contributed by atoms with Gasteiger partial charge in [0, 0.05) is 25.4 Å². The number of ether oxygens (including phenoxy) is 1. The normalized spacial score (nSPS) is 13.1. The lowest BCUT2D eigenvalue weighted by Gasteiger charge is -2.21. The van der Waals surface area contributed by atoms with E-state index in [0.717, 1.165) is 30.2 Å². The van der Waals surface area contributed by atoms with Crippen LogP contribution in [0.1, 0.15) is 16.8 Å². The fourth-order valence-corrected chi connectivity index (χ4v) is 2.73. The van der Waals surface area contributed by atoms with Crippen molar-refractivity contribution in [1.82, 2.24) is 5.32 Å². The Bertz CT molecular complexity index is 454. The summed E-state index contributed by atoms with van der Waals surface area (Å²) in [5, 5.41) is 14.8. The highest BCUT2D eigenvalue weighted by molar-refractivity contribution is 7.99. The van der Waals surface area contributed by atoms with Crippen molar-refractivity contribution in [2.24, 2.45) is 0 Å². The van der Waals surface area contributed by atoms with Crippen LogP contribution >= 0.6 is 11.8 Å². The van der Waals surface area contributed by atoms with Crippen LogP contribution in [0, 0.1) is 0 Å². The first kappa shape index (κ1) is 15.0. The fourth-order valence-electron chi connectivity index (χ4n) is 1.95. The minimum Gasteiger partial charge on any atom is -0.489 e. The van der Waals surface area contributed by atoms with Gasteiger partial charge in [0.25, 0.3) is 5.91 Å². The van der Waals surface area contributed by atoms with E-state index in [2.05, 4.69) is 10.6 Å². The second-order valence-corrected chi connectivity index (χ2v) is 5.63. The summed E-state index contributed by atoms with van der Waals surface area (Å²) in [6.45, 7) is 2.18. The molecule has 0 aliphatic carbocycles. The number of benzene rings is 1. The highest BCUT2D eigenvalue weighted by Crippen LogP contribution is 2.30. The number of amides is 1. The van der Waals surface area contributed by atoms with Crippen molar-refractivity contribution in [1.29, 1.82) is 0 Å². The lowest BCUT2D eigenvalue weighted by atomic mass is 10.1. The first-order valence-electron chi connectivity index (χ1n) is 6.79. The van der Waals surface area contributed by atoms with Crippen molar-refractivity contribution in [3.8, 4) is 5.75 Å². The van der Waals surface area contributed by atoms with Crippen molar-refractivity contribution in [3.05, 3.63) is 23.8 Å². The number of aliphatic hydroxyl groups excluding tert-OH is 1. The summed E-state index contributed by atoms with van der Waals surface area (Å²) in [6.07, 6.45) is 0.796. The summed E-state index contributed by atoms with van der Waals surface area (Å²) in [5.41, 5.74) is 1.45. The van der Waals surface area contributed by atoms with E-state index in [1.54, 1.807) is 17.8 Å². The van der Waals surface area contributed by atoms with Crippen molar-refractivity contribution in [2.45, 2.75) is 6.42 Å². The third-order valence-corrected chi connectivity index (χ3v) is 3.97. The number of hydrogen-bond donors (Lipinski definition) is 3. The summed E-state index contributed by atoms with van der Waals surface area (Å²) in [6, 6.07) is 5.54. The van der Waals surface area contributed by atoms with E-state index < -0.39 is 0 Å². The third-order valence-electron chi connectivity index (χ3n) is 2.90. The molecule has 1 aromatic carbocycles. The maximum atomic E-state index is 12.1. The molecule has 5 nitrogen and oxygen atoms in total. The van der Waals surface area contributed by atoms with Crippen LogP contribution in [0.3, 0.4) is 0 Å². The van der Waals surface area contributed by atoms with Gasteiger partial charge in [-0.1, -0.05) is 6.07 Å². The lowest BCUT2D eigenvalue weighted by molar-refractivity contribution is 0.0952. The molecule has 1 aliphatic rings. The van der Waals surface area contributed by atoms with Crippen molar-refractivity contribution in [3.63, 3.8) is 0 Å². The predicted octanol–water partition coefficient (Wildman–Crippen LogP) is 1.34. The molecule has 6 heteroatoms. The molecule has 2 rings (SSSR count). The molecule has 0 fully saturated rings. The van der Waals surface area contributed by atoms with Gasteiger partial charge >= 0.3 is 0 Å². The van der Waals surface area contributed by atoms with Crippen LogP contribution in [0.25, 0.3) is 0 Å². The monoisotopic (exact) mass is 296 g/mol. The first-order chi connectivity index (χ1) is 9.83. The zero-order valence-electron chi connectivity index (χ0n) is 11.4. The maximum absolute atomic E-state index is 12.1. The van der Waals surface area contributed by atoms with Gasteiger partial charge in [-0.2, -0.15) is 11.8 Å². The molecule has 0 bridgehead atoms. The van der Waals surface area contributed by atoms with Crippen LogP contribution in [-0.4, -0.2) is 48.8 Å². The summed E-state index contributed by atoms with van der Waals surface area (Å²) in [7, 11) is 0. The van der Waals surface area contributed by atoms with Crippen LogP contribution in [0.5, 0.6) is 5.75 Å². The Labute approximate surface area is 123 Å². The molecule has 3 N–H and O–H groups in total. The summed E-state index contributed by atoms with van der Waals surface area (Å²) >= 11 is 1.73. The average Bonchev–Trinajstić information content (AvgIpc) is 2.50. The van der Waals surface area contributed by atoms with E-state index in [1.807, 2.05) is 12.1 Å². The third kappa shape index (κ3) is 4.05. The summed E-state index contributed by atoms with van der Waals surface area (Å²) in [4.78, 5) is 12.1. The molecule has 0 saturated carbocycles. The Balaban J connectivity index is 1.83. The zero-order chi connectivity index (χ0) is 14.2. The Morgan fingerprint density at radius 2 is 2.35 bits per heavy atom. The summed E-state index contributed by atoms with van der Waals surface area (Å²) < 4.78 is 5.58.